The summed E-state index contributed by atoms with van der Waals surface area (Å²) in [6.07, 6.45) is -4.42. The molecular formula is C11H9F5O2S. The van der Waals surface area contributed by atoms with E-state index in [-0.39, 0.29) is 16.0 Å². The van der Waals surface area contributed by atoms with Crippen LogP contribution < -0.4 is 0 Å². The van der Waals surface area contributed by atoms with Gasteiger partial charge in [-0.15, -0.1) is 11.8 Å². The van der Waals surface area contributed by atoms with Gasteiger partial charge in [0, 0.05) is 10.5 Å². The minimum absolute atomic E-state index is 0.110. The van der Waals surface area contributed by atoms with Gasteiger partial charge in [0.15, 0.2) is 0 Å². The smallest absolute Gasteiger partial charge is 0.458 e. The van der Waals surface area contributed by atoms with Crippen molar-refractivity contribution in [2.45, 2.75) is 23.9 Å². The molecule has 0 aliphatic rings. The zero-order valence-corrected chi connectivity index (χ0v) is 10.6. The van der Waals surface area contributed by atoms with Crippen molar-refractivity contribution in [3.8, 4) is 0 Å². The van der Waals surface area contributed by atoms with Crippen molar-refractivity contribution in [1.82, 2.24) is 0 Å². The molecule has 19 heavy (non-hydrogen) atoms. The monoisotopic (exact) mass is 300 g/mol. The standard InChI is InChI=1S/C11H9F5O2S/c1-5-6(9(17)18)3-4-7(8(5)19-2)10(12,13)11(14,15)16/h3-4H,1-2H3,(H,17,18). The lowest BCUT2D eigenvalue weighted by molar-refractivity contribution is -0.290. The van der Waals surface area contributed by atoms with E-state index < -0.39 is 23.6 Å². The molecule has 106 valence electrons. The third-order valence-electron chi connectivity index (χ3n) is 2.53. The number of thioether (sulfide) groups is 1. The first-order valence-electron chi connectivity index (χ1n) is 4.90. The summed E-state index contributed by atoms with van der Waals surface area (Å²) in [5, 5.41) is 8.82. The summed E-state index contributed by atoms with van der Waals surface area (Å²) in [5.41, 5.74) is -1.64. The first kappa shape index (κ1) is 15.7. The second-order valence-corrected chi connectivity index (χ2v) is 4.51. The minimum Gasteiger partial charge on any atom is -0.478 e. The van der Waals surface area contributed by atoms with Crippen LogP contribution in [0.25, 0.3) is 0 Å². The Morgan fingerprint density at radius 3 is 2.11 bits per heavy atom. The summed E-state index contributed by atoms with van der Waals surface area (Å²) in [4.78, 5) is 10.5. The van der Waals surface area contributed by atoms with Gasteiger partial charge in [0.2, 0.25) is 0 Å². The van der Waals surface area contributed by atoms with Crippen molar-refractivity contribution < 1.29 is 31.9 Å². The van der Waals surface area contributed by atoms with Crippen LogP contribution in [0.4, 0.5) is 22.0 Å². The van der Waals surface area contributed by atoms with Crippen LogP contribution in [0.2, 0.25) is 0 Å². The molecule has 0 heterocycles. The van der Waals surface area contributed by atoms with Gasteiger partial charge >= 0.3 is 18.1 Å². The summed E-state index contributed by atoms with van der Waals surface area (Å²) in [5.74, 6) is -6.40. The maximum atomic E-state index is 13.3. The van der Waals surface area contributed by atoms with Gasteiger partial charge in [0.1, 0.15) is 0 Å². The zero-order chi connectivity index (χ0) is 15.0. The number of rotatable bonds is 3. The Labute approximate surface area is 109 Å². The molecule has 0 fully saturated rings. The van der Waals surface area contributed by atoms with Crippen LogP contribution in [0.5, 0.6) is 0 Å². The third kappa shape index (κ3) is 2.68. The van der Waals surface area contributed by atoms with Crippen molar-refractivity contribution in [3.05, 3.63) is 28.8 Å². The van der Waals surface area contributed by atoms with E-state index in [1.54, 1.807) is 0 Å². The van der Waals surface area contributed by atoms with Crippen molar-refractivity contribution in [1.29, 1.82) is 0 Å². The predicted octanol–water partition coefficient (Wildman–Crippen LogP) is 4.07. The Kier molecular flexibility index (Phi) is 4.14. The highest BCUT2D eigenvalue weighted by Crippen LogP contribution is 2.47. The van der Waals surface area contributed by atoms with Gasteiger partial charge in [0.25, 0.3) is 0 Å². The Balaban J connectivity index is 3.56. The molecule has 1 aromatic carbocycles. The van der Waals surface area contributed by atoms with Crippen LogP contribution in [-0.2, 0) is 5.92 Å². The lowest BCUT2D eigenvalue weighted by Gasteiger charge is -2.23. The van der Waals surface area contributed by atoms with E-state index in [1.165, 1.54) is 13.2 Å². The molecule has 0 aliphatic heterocycles. The molecule has 0 bridgehead atoms. The molecule has 1 aromatic rings. The molecule has 1 rings (SSSR count). The molecule has 0 radical (unpaired) electrons. The quantitative estimate of drug-likeness (QED) is 0.675. The zero-order valence-electron chi connectivity index (χ0n) is 9.81. The van der Waals surface area contributed by atoms with E-state index in [4.69, 9.17) is 5.11 Å². The molecule has 1 N–H and O–H groups in total. The number of carboxylic acid groups (broad SMARTS) is 1. The molecule has 0 saturated carbocycles. The molecule has 0 spiro atoms. The van der Waals surface area contributed by atoms with Gasteiger partial charge in [-0.2, -0.15) is 22.0 Å². The highest BCUT2D eigenvalue weighted by Gasteiger charge is 2.59. The second kappa shape index (κ2) is 4.99. The van der Waals surface area contributed by atoms with Crippen molar-refractivity contribution in [3.63, 3.8) is 0 Å². The second-order valence-electron chi connectivity index (χ2n) is 3.70. The SMILES string of the molecule is CSc1c(C(F)(F)C(F)(F)F)ccc(C(=O)O)c1C. The highest BCUT2D eigenvalue weighted by atomic mass is 32.2. The molecule has 2 nitrogen and oxygen atoms in total. The van der Waals surface area contributed by atoms with E-state index in [2.05, 4.69) is 0 Å². The lowest BCUT2D eigenvalue weighted by Crippen LogP contribution is -2.34. The average Bonchev–Trinajstić information content (AvgIpc) is 2.26. The highest BCUT2D eigenvalue weighted by molar-refractivity contribution is 7.98. The van der Waals surface area contributed by atoms with Crippen LogP contribution in [0.3, 0.4) is 0 Å². The third-order valence-corrected chi connectivity index (χ3v) is 3.47. The van der Waals surface area contributed by atoms with Gasteiger partial charge < -0.3 is 5.11 Å². The van der Waals surface area contributed by atoms with Gasteiger partial charge in [-0.1, -0.05) is 6.07 Å². The van der Waals surface area contributed by atoms with Crippen LogP contribution >= 0.6 is 11.8 Å². The van der Waals surface area contributed by atoms with E-state index in [9.17, 15) is 26.7 Å². The lowest BCUT2D eigenvalue weighted by atomic mass is 10.0. The number of aromatic carboxylic acids is 1. The summed E-state index contributed by atoms with van der Waals surface area (Å²) in [6, 6.07) is 1.27. The average molecular weight is 300 g/mol. The fourth-order valence-electron chi connectivity index (χ4n) is 1.59. The summed E-state index contributed by atoms with van der Waals surface area (Å²) < 4.78 is 63.7. The fraction of sp³-hybridized carbons (Fsp3) is 0.364. The number of halogens is 5. The minimum atomic E-state index is -5.73. The molecule has 8 heteroatoms. The van der Waals surface area contributed by atoms with Gasteiger partial charge in [-0.25, -0.2) is 4.79 Å². The summed E-state index contributed by atoms with van der Waals surface area (Å²) in [6.45, 7) is 1.20. The van der Waals surface area contributed by atoms with Crippen molar-refractivity contribution >= 4 is 17.7 Å². The Morgan fingerprint density at radius 1 is 1.21 bits per heavy atom. The van der Waals surface area contributed by atoms with Crippen molar-refractivity contribution in [2.24, 2.45) is 0 Å². The number of hydrogen-bond donors (Lipinski definition) is 1. The summed E-state index contributed by atoms with van der Waals surface area (Å²) in [7, 11) is 0. The Bertz CT molecular complexity index is 511. The Hall–Kier alpha value is -1.31. The van der Waals surface area contributed by atoms with Crippen molar-refractivity contribution in [2.75, 3.05) is 6.26 Å². The Morgan fingerprint density at radius 2 is 1.74 bits per heavy atom. The van der Waals surface area contributed by atoms with E-state index in [1.807, 2.05) is 0 Å². The number of carbonyl (C=O) groups is 1. The van der Waals surface area contributed by atoms with Gasteiger partial charge in [0.05, 0.1) is 5.56 Å². The normalized spacial score (nSPS) is 12.6. The molecule has 0 saturated heterocycles. The van der Waals surface area contributed by atoms with E-state index >= 15 is 0 Å². The molecule has 0 atom stereocenters. The largest absolute Gasteiger partial charge is 0.478 e. The van der Waals surface area contributed by atoms with Crippen LogP contribution in [0, 0.1) is 6.92 Å². The molecule has 0 aliphatic carbocycles. The van der Waals surface area contributed by atoms with Gasteiger partial charge in [-0.05, 0) is 24.8 Å². The van der Waals surface area contributed by atoms with E-state index in [0.717, 1.165) is 6.07 Å². The van der Waals surface area contributed by atoms with Crippen LogP contribution in [0.15, 0.2) is 17.0 Å². The molecule has 0 aromatic heterocycles. The number of alkyl halides is 5. The molecule has 0 amide bonds. The fourth-order valence-corrected chi connectivity index (χ4v) is 2.42. The predicted molar refractivity (Wildman–Crippen MR) is 59.9 cm³/mol. The topological polar surface area (TPSA) is 37.3 Å². The van der Waals surface area contributed by atoms with Crippen LogP contribution in [0.1, 0.15) is 21.5 Å². The maximum absolute atomic E-state index is 13.3. The maximum Gasteiger partial charge on any atom is 0.458 e. The van der Waals surface area contributed by atoms with E-state index in [0.29, 0.717) is 17.8 Å². The van der Waals surface area contributed by atoms with Gasteiger partial charge in [-0.3, -0.25) is 0 Å². The first-order chi connectivity index (χ1) is 8.54. The number of hydrogen-bond acceptors (Lipinski definition) is 2. The molecular weight excluding hydrogens is 291 g/mol. The number of benzene rings is 1. The van der Waals surface area contributed by atoms with Crippen LogP contribution in [-0.4, -0.2) is 23.5 Å². The number of carboxylic acids is 1. The summed E-state index contributed by atoms with van der Waals surface area (Å²) >= 11 is 0.653. The molecule has 0 unspecified atom stereocenters. The first-order valence-corrected chi connectivity index (χ1v) is 6.12.